The van der Waals surface area contributed by atoms with Crippen LogP contribution in [0.3, 0.4) is 0 Å². The van der Waals surface area contributed by atoms with Gasteiger partial charge in [0.15, 0.2) is 0 Å². The maximum absolute atomic E-state index is 10.2. The summed E-state index contributed by atoms with van der Waals surface area (Å²) in [5.74, 6) is -0.742. The maximum atomic E-state index is 10.2. The van der Waals surface area contributed by atoms with Crippen LogP contribution in [0.15, 0.2) is 30.3 Å². The lowest BCUT2D eigenvalue weighted by atomic mass is 10.1. The lowest BCUT2D eigenvalue weighted by molar-refractivity contribution is -0.136. The first-order valence-corrected chi connectivity index (χ1v) is 5.89. The number of nitrogens with one attached hydrogen (secondary N) is 1. The third-order valence-electron chi connectivity index (χ3n) is 2.05. The number of hydrogen-bond acceptors (Lipinski definition) is 4. The van der Waals surface area contributed by atoms with E-state index < -0.39 is 5.97 Å². The molecule has 1 aromatic carbocycles. The van der Waals surface area contributed by atoms with Gasteiger partial charge in [0.1, 0.15) is 0 Å². The van der Waals surface area contributed by atoms with Crippen LogP contribution in [0.5, 0.6) is 0 Å². The van der Waals surface area contributed by atoms with Gasteiger partial charge in [0, 0.05) is 19.5 Å². The van der Waals surface area contributed by atoms with Gasteiger partial charge in [-0.25, -0.2) is 0 Å². The van der Waals surface area contributed by atoms with Crippen molar-refractivity contribution in [2.75, 3.05) is 26.3 Å². The number of aliphatic carboxylic acids is 1. The quantitative estimate of drug-likeness (QED) is 0.525. The van der Waals surface area contributed by atoms with E-state index in [9.17, 15) is 4.79 Å². The van der Waals surface area contributed by atoms with E-state index >= 15 is 0 Å². The van der Waals surface area contributed by atoms with Gasteiger partial charge in [-0.1, -0.05) is 30.3 Å². The van der Waals surface area contributed by atoms with Crippen LogP contribution >= 0.6 is 0 Å². The number of carboxylic acids is 1. The van der Waals surface area contributed by atoms with E-state index in [0.717, 1.165) is 5.56 Å². The molecule has 1 rings (SSSR count). The molecule has 0 aromatic heterocycles. The number of rotatable bonds is 7. The summed E-state index contributed by atoms with van der Waals surface area (Å²) >= 11 is 0. The van der Waals surface area contributed by atoms with Crippen molar-refractivity contribution in [2.24, 2.45) is 0 Å². The second-order valence-corrected chi connectivity index (χ2v) is 3.58. The van der Waals surface area contributed by atoms with Crippen LogP contribution in [-0.2, 0) is 11.2 Å². The number of hydrogen-bond donors (Lipinski definition) is 4. The van der Waals surface area contributed by atoms with Gasteiger partial charge in [-0.2, -0.15) is 0 Å². The van der Waals surface area contributed by atoms with Gasteiger partial charge < -0.3 is 20.6 Å². The molecule has 0 aliphatic rings. The fourth-order valence-electron chi connectivity index (χ4n) is 1.18. The molecule has 0 unspecified atom stereocenters. The summed E-state index contributed by atoms with van der Waals surface area (Å²) in [5.41, 5.74) is 1.08. The molecular weight excluding hydrogens is 234 g/mol. The Morgan fingerprint density at radius 2 is 1.61 bits per heavy atom. The second-order valence-electron chi connectivity index (χ2n) is 3.58. The third kappa shape index (κ3) is 11.1. The number of carboxylic acid groups (broad SMARTS) is 1. The van der Waals surface area contributed by atoms with Crippen LogP contribution in [0, 0.1) is 0 Å². The Bertz CT molecular complexity index is 299. The number of aliphatic hydroxyl groups excluding tert-OH is 2. The number of carbonyl (C=O) groups is 1. The van der Waals surface area contributed by atoms with Gasteiger partial charge in [0.25, 0.3) is 0 Å². The van der Waals surface area contributed by atoms with Gasteiger partial charge >= 0.3 is 5.97 Å². The summed E-state index contributed by atoms with van der Waals surface area (Å²) < 4.78 is 0. The smallest absolute Gasteiger partial charge is 0.303 e. The highest BCUT2D eigenvalue weighted by Crippen LogP contribution is 2.01. The summed E-state index contributed by atoms with van der Waals surface area (Å²) in [7, 11) is 0. The topological polar surface area (TPSA) is 89.8 Å². The fourth-order valence-corrected chi connectivity index (χ4v) is 1.18. The minimum atomic E-state index is -0.742. The molecule has 0 aliphatic carbocycles. The average Bonchev–Trinajstić information content (AvgIpc) is 2.39. The normalized spacial score (nSPS) is 9.44. The van der Waals surface area contributed by atoms with E-state index in [1.165, 1.54) is 0 Å². The molecule has 5 nitrogen and oxygen atoms in total. The first kappa shape index (κ1) is 16.6. The van der Waals surface area contributed by atoms with E-state index in [4.69, 9.17) is 15.3 Å². The monoisotopic (exact) mass is 255 g/mol. The fraction of sp³-hybridized carbons (Fsp3) is 0.462. The molecule has 1 aromatic rings. The summed E-state index contributed by atoms with van der Waals surface area (Å²) in [6, 6.07) is 9.62. The first-order valence-electron chi connectivity index (χ1n) is 5.89. The van der Waals surface area contributed by atoms with Crippen LogP contribution in [0.25, 0.3) is 0 Å². The van der Waals surface area contributed by atoms with Crippen molar-refractivity contribution in [1.82, 2.24) is 5.32 Å². The van der Waals surface area contributed by atoms with Gasteiger partial charge in [0.2, 0.25) is 0 Å². The van der Waals surface area contributed by atoms with Crippen LogP contribution < -0.4 is 5.32 Å². The molecule has 0 fully saturated rings. The molecular formula is C13H21NO4. The van der Waals surface area contributed by atoms with Gasteiger partial charge in [-0.05, 0) is 12.0 Å². The van der Waals surface area contributed by atoms with Crippen molar-refractivity contribution in [3.05, 3.63) is 35.9 Å². The number of aliphatic hydroxyl groups is 2. The highest BCUT2D eigenvalue weighted by Gasteiger charge is 1.96. The summed E-state index contributed by atoms with van der Waals surface area (Å²) in [4.78, 5) is 10.2. The maximum Gasteiger partial charge on any atom is 0.303 e. The van der Waals surface area contributed by atoms with Crippen molar-refractivity contribution < 1.29 is 20.1 Å². The largest absolute Gasteiger partial charge is 0.481 e. The van der Waals surface area contributed by atoms with Crippen molar-refractivity contribution in [1.29, 1.82) is 0 Å². The van der Waals surface area contributed by atoms with Crippen LogP contribution in [0.1, 0.15) is 12.0 Å². The van der Waals surface area contributed by atoms with Crippen molar-refractivity contribution >= 4 is 5.97 Å². The predicted octanol–water partition coefficient (Wildman–Crippen LogP) is 0.264. The molecule has 0 saturated carbocycles. The molecule has 0 bridgehead atoms. The average molecular weight is 255 g/mol. The van der Waals surface area contributed by atoms with E-state index in [0.29, 0.717) is 19.5 Å². The Balaban J connectivity index is 0.000000360. The molecule has 18 heavy (non-hydrogen) atoms. The molecule has 0 atom stereocenters. The van der Waals surface area contributed by atoms with Crippen molar-refractivity contribution in [3.63, 3.8) is 0 Å². The highest BCUT2D eigenvalue weighted by molar-refractivity contribution is 5.67. The lowest BCUT2D eigenvalue weighted by Crippen LogP contribution is -2.21. The van der Waals surface area contributed by atoms with Crippen molar-refractivity contribution in [2.45, 2.75) is 12.8 Å². The highest BCUT2D eigenvalue weighted by atomic mass is 16.4. The van der Waals surface area contributed by atoms with E-state index in [2.05, 4.69) is 5.32 Å². The lowest BCUT2D eigenvalue weighted by Gasteiger charge is -1.95. The van der Waals surface area contributed by atoms with Gasteiger partial charge in [0.05, 0.1) is 13.2 Å². The standard InChI is InChI=1S/C9H10O2.C4H11NO2/c10-9(11)7-6-8-4-2-1-3-5-8;6-3-1-5-2-4-7/h1-5H,6-7H2,(H,10,11);5-7H,1-4H2. The molecule has 5 heteroatoms. The SMILES string of the molecule is O=C(O)CCc1ccccc1.OCCNCCO. The Morgan fingerprint density at radius 1 is 1.06 bits per heavy atom. The predicted molar refractivity (Wildman–Crippen MR) is 69.4 cm³/mol. The van der Waals surface area contributed by atoms with Crippen molar-refractivity contribution in [3.8, 4) is 0 Å². The Kier molecular flexibility index (Phi) is 11.1. The molecule has 4 N–H and O–H groups in total. The first-order chi connectivity index (χ1) is 8.70. The zero-order valence-electron chi connectivity index (χ0n) is 10.4. The van der Waals surface area contributed by atoms with Crippen LogP contribution in [-0.4, -0.2) is 47.6 Å². The summed E-state index contributed by atoms with van der Waals surface area (Å²) in [5, 5.41) is 27.5. The molecule has 0 amide bonds. The van der Waals surface area contributed by atoms with E-state index in [1.807, 2.05) is 30.3 Å². The Labute approximate surface area is 107 Å². The van der Waals surface area contributed by atoms with E-state index in [1.54, 1.807) is 0 Å². The van der Waals surface area contributed by atoms with E-state index in [-0.39, 0.29) is 19.6 Å². The Hall–Kier alpha value is -1.43. The minimum absolute atomic E-state index is 0.139. The minimum Gasteiger partial charge on any atom is -0.481 e. The molecule has 0 spiro atoms. The summed E-state index contributed by atoms with van der Waals surface area (Å²) in [6.45, 7) is 1.42. The number of aryl methyl sites for hydroxylation is 1. The zero-order valence-corrected chi connectivity index (χ0v) is 10.4. The van der Waals surface area contributed by atoms with Crippen LogP contribution in [0.2, 0.25) is 0 Å². The molecule has 0 radical (unpaired) electrons. The Morgan fingerprint density at radius 3 is 2.06 bits per heavy atom. The third-order valence-corrected chi connectivity index (χ3v) is 2.05. The second kappa shape index (κ2) is 12.0. The number of benzene rings is 1. The molecule has 102 valence electrons. The van der Waals surface area contributed by atoms with Gasteiger partial charge in [-0.15, -0.1) is 0 Å². The summed E-state index contributed by atoms with van der Waals surface area (Å²) in [6.07, 6.45) is 0.834. The van der Waals surface area contributed by atoms with Crippen LogP contribution in [0.4, 0.5) is 0 Å². The zero-order chi connectivity index (χ0) is 13.6. The molecule has 0 aliphatic heterocycles. The molecule has 0 heterocycles. The van der Waals surface area contributed by atoms with Gasteiger partial charge in [-0.3, -0.25) is 4.79 Å². The molecule has 0 saturated heterocycles.